The number of hydrogen-bond acceptors (Lipinski definition) is 6. The van der Waals surface area contributed by atoms with Crippen molar-refractivity contribution in [2.75, 3.05) is 0 Å². The van der Waals surface area contributed by atoms with Gasteiger partial charge in [0, 0.05) is 18.1 Å². The summed E-state index contributed by atoms with van der Waals surface area (Å²) in [5, 5.41) is 7.74. The van der Waals surface area contributed by atoms with Crippen LogP contribution in [0.2, 0.25) is 0 Å². The van der Waals surface area contributed by atoms with Gasteiger partial charge < -0.3 is 9.88 Å². The zero-order valence-electron chi connectivity index (χ0n) is 17.0. The second-order valence-electron chi connectivity index (χ2n) is 8.51. The van der Waals surface area contributed by atoms with Crippen LogP contribution in [0.4, 0.5) is 0 Å². The molecule has 4 atom stereocenters. The van der Waals surface area contributed by atoms with Crippen molar-refractivity contribution in [1.29, 1.82) is 0 Å². The Labute approximate surface area is 171 Å². The molecule has 2 bridgehead atoms. The average Bonchev–Trinajstić information content (AvgIpc) is 2.73. The smallest absolute Gasteiger partial charge is 0.311 e. The van der Waals surface area contributed by atoms with Crippen molar-refractivity contribution < 1.29 is 0 Å². The van der Waals surface area contributed by atoms with Gasteiger partial charge >= 0.3 is 5.69 Å². The minimum atomic E-state index is -0.771. The van der Waals surface area contributed by atoms with E-state index in [1.165, 1.54) is 13.3 Å². The summed E-state index contributed by atoms with van der Waals surface area (Å²) < 4.78 is 2.69. The van der Waals surface area contributed by atoms with Crippen molar-refractivity contribution in [2.24, 2.45) is 5.92 Å². The minimum Gasteiger partial charge on any atom is -0.311 e. The summed E-state index contributed by atoms with van der Waals surface area (Å²) in [4.78, 5) is 44.4. The third kappa shape index (κ3) is 3.00. The molecule has 2 N–H and O–H groups in total. The van der Waals surface area contributed by atoms with E-state index in [9.17, 15) is 14.4 Å². The van der Waals surface area contributed by atoms with Gasteiger partial charge in [-0.25, -0.2) is 9.78 Å². The van der Waals surface area contributed by atoms with Crippen molar-refractivity contribution in [1.82, 2.24) is 29.6 Å². The number of para-hydroxylation sites is 2. The normalized spacial score (nSPS) is 26.1. The number of nitrogens with one attached hydrogen (secondary N) is 2. The Morgan fingerprint density at radius 2 is 1.90 bits per heavy atom. The fourth-order valence-corrected chi connectivity index (χ4v) is 4.90. The molecule has 3 aromatic rings. The van der Waals surface area contributed by atoms with Crippen molar-refractivity contribution >= 4 is 11.0 Å². The predicted octanol–water partition coefficient (Wildman–Crippen LogP) is 1.03. The molecule has 0 saturated carbocycles. The molecule has 2 aliphatic heterocycles. The first-order chi connectivity index (χ1) is 14.4. The molecular formula is C21H24N6O3. The fraction of sp³-hybridized carbons (Fsp3) is 0.476. The lowest BCUT2D eigenvalue weighted by molar-refractivity contribution is 0.144. The number of benzene rings is 1. The van der Waals surface area contributed by atoms with Crippen molar-refractivity contribution in [2.45, 2.75) is 57.7 Å². The molecule has 9 nitrogen and oxygen atoms in total. The zero-order valence-corrected chi connectivity index (χ0v) is 17.0. The van der Waals surface area contributed by atoms with Gasteiger partial charge in [-0.2, -0.15) is 9.78 Å². The second kappa shape index (κ2) is 7.02. The maximum Gasteiger partial charge on any atom is 0.351 e. The van der Waals surface area contributed by atoms with E-state index in [1.807, 2.05) is 24.3 Å². The van der Waals surface area contributed by atoms with Gasteiger partial charge in [0.1, 0.15) is 5.69 Å². The summed E-state index contributed by atoms with van der Waals surface area (Å²) >= 11 is 0. The van der Waals surface area contributed by atoms with Crippen LogP contribution in [0.15, 0.2) is 38.6 Å². The topological polar surface area (TPSA) is 115 Å². The largest absolute Gasteiger partial charge is 0.351 e. The van der Waals surface area contributed by atoms with Crippen molar-refractivity contribution in [3.63, 3.8) is 0 Å². The van der Waals surface area contributed by atoms with Gasteiger partial charge in [0.15, 0.2) is 0 Å². The van der Waals surface area contributed by atoms with E-state index in [0.717, 1.165) is 29.5 Å². The third-order valence-corrected chi connectivity index (χ3v) is 6.52. The fourth-order valence-electron chi connectivity index (χ4n) is 4.90. The van der Waals surface area contributed by atoms with E-state index >= 15 is 0 Å². The summed E-state index contributed by atoms with van der Waals surface area (Å²) in [6, 6.07) is 8.19. The number of aromatic amines is 1. The first-order valence-corrected chi connectivity index (χ1v) is 10.4. The van der Waals surface area contributed by atoms with E-state index < -0.39 is 11.2 Å². The molecule has 0 radical (unpaired) electrons. The Hall–Kier alpha value is -3.07. The van der Waals surface area contributed by atoms with Crippen molar-refractivity contribution in [3.05, 3.63) is 61.2 Å². The van der Waals surface area contributed by atoms with Crippen LogP contribution in [0.25, 0.3) is 16.9 Å². The Morgan fingerprint density at radius 1 is 1.10 bits per heavy atom. The number of nitrogens with zero attached hydrogens (tertiary/aromatic N) is 4. The van der Waals surface area contributed by atoms with Crippen LogP contribution in [0, 0.1) is 12.8 Å². The van der Waals surface area contributed by atoms with Crippen LogP contribution in [0.5, 0.6) is 0 Å². The standard InChI is InChI=1S/C21H24N6O3/c1-11-7-8-13-9-14(10-16(11)22-13)26-17-6-4-3-5-15(17)23-18(20(26)29)27-21(30)24-19(28)12(2)25-27/h3-6,11,13-14,16,22H,7-10H2,1-2H3,(H,24,28,30)/t11?,13-,14+,16?/m1/s1. The van der Waals surface area contributed by atoms with Gasteiger partial charge in [0.25, 0.3) is 11.1 Å². The maximum atomic E-state index is 13.6. The van der Waals surface area contributed by atoms with Crippen LogP contribution in [-0.4, -0.2) is 36.4 Å². The number of aryl methyl sites for hydroxylation is 1. The molecule has 2 fully saturated rings. The van der Waals surface area contributed by atoms with Gasteiger partial charge in [-0.05, 0) is 50.7 Å². The Bertz CT molecular complexity index is 1310. The van der Waals surface area contributed by atoms with E-state index in [1.54, 1.807) is 4.57 Å². The van der Waals surface area contributed by atoms with Gasteiger partial charge in [-0.1, -0.05) is 19.1 Å². The summed E-state index contributed by atoms with van der Waals surface area (Å²) in [5.41, 5.74) is -0.252. The molecular weight excluding hydrogens is 384 g/mol. The molecule has 9 heteroatoms. The molecule has 2 aliphatic rings. The van der Waals surface area contributed by atoms with Crippen LogP contribution < -0.4 is 22.1 Å². The SMILES string of the molecule is Cc1nn(-c2nc3ccccc3n([C@@H]3CC4N[C@H](CCC4C)C3)c2=O)c(=O)[nH]c1=O. The zero-order chi connectivity index (χ0) is 21.0. The van der Waals surface area contributed by atoms with Crippen LogP contribution in [-0.2, 0) is 0 Å². The molecule has 2 aromatic heterocycles. The van der Waals surface area contributed by atoms with E-state index in [0.29, 0.717) is 23.5 Å². The molecule has 2 saturated heterocycles. The lowest BCUT2D eigenvalue weighted by atomic mass is 9.78. The highest BCUT2D eigenvalue weighted by Gasteiger charge is 2.37. The second-order valence-corrected chi connectivity index (χ2v) is 8.51. The average molecular weight is 408 g/mol. The number of H-pyrrole nitrogens is 1. The van der Waals surface area contributed by atoms with E-state index in [-0.39, 0.29) is 23.1 Å². The highest BCUT2D eigenvalue weighted by molar-refractivity contribution is 5.75. The predicted molar refractivity (Wildman–Crippen MR) is 112 cm³/mol. The Morgan fingerprint density at radius 3 is 2.73 bits per heavy atom. The molecule has 30 heavy (non-hydrogen) atoms. The number of piperidine rings is 2. The lowest BCUT2D eigenvalue weighted by Crippen LogP contribution is -2.53. The number of aromatic nitrogens is 5. The molecule has 0 spiro atoms. The Balaban J connectivity index is 1.74. The number of rotatable bonds is 2. The monoisotopic (exact) mass is 408 g/mol. The first kappa shape index (κ1) is 18.9. The summed E-state index contributed by atoms with van der Waals surface area (Å²) in [5.74, 6) is 0.466. The van der Waals surface area contributed by atoms with E-state index in [4.69, 9.17) is 0 Å². The van der Waals surface area contributed by atoms with Gasteiger partial charge in [0.05, 0.1) is 11.0 Å². The van der Waals surface area contributed by atoms with Crippen molar-refractivity contribution in [3.8, 4) is 5.82 Å². The highest BCUT2D eigenvalue weighted by atomic mass is 16.2. The number of hydrogen-bond donors (Lipinski definition) is 2. The van der Waals surface area contributed by atoms with Crippen LogP contribution in [0.3, 0.4) is 0 Å². The molecule has 156 valence electrons. The molecule has 1 aromatic carbocycles. The van der Waals surface area contributed by atoms with Gasteiger partial charge in [0.2, 0.25) is 5.82 Å². The first-order valence-electron chi connectivity index (χ1n) is 10.4. The van der Waals surface area contributed by atoms with Gasteiger partial charge in [-0.15, -0.1) is 0 Å². The van der Waals surface area contributed by atoms with Gasteiger partial charge in [-0.3, -0.25) is 14.6 Å². The highest BCUT2D eigenvalue weighted by Crippen LogP contribution is 2.36. The van der Waals surface area contributed by atoms with Crippen LogP contribution in [0.1, 0.15) is 44.3 Å². The van der Waals surface area contributed by atoms with E-state index in [2.05, 4.69) is 27.3 Å². The molecule has 0 amide bonds. The third-order valence-electron chi connectivity index (χ3n) is 6.52. The minimum absolute atomic E-state index is 0.00251. The molecule has 2 unspecified atom stereocenters. The lowest BCUT2D eigenvalue weighted by Gasteiger charge is -2.44. The quantitative estimate of drug-likeness (QED) is 0.655. The molecule has 4 heterocycles. The maximum absolute atomic E-state index is 13.6. The number of fused-ring (bicyclic) bond motifs is 3. The van der Waals surface area contributed by atoms with Crippen LogP contribution >= 0.6 is 0 Å². The summed E-state index contributed by atoms with van der Waals surface area (Å²) in [6.45, 7) is 3.74. The molecule has 0 aliphatic carbocycles. The molecule has 5 rings (SSSR count). The summed E-state index contributed by atoms with van der Waals surface area (Å²) in [6.07, 6.45) is 3.99. The Kier molecular flexibility index (Phi) is 4.43. The summed E-state index contributed by atoms with van der Waals surface area (Å²) in [7, 11) is 0.